The summed E-state index contributed by atoms with van der Waals surface area (Å²) in [5.41, 5.74) is 1.28. The van der Waals surface area contributed by atoms with Crippen LogP contribution in [0.5, 0.6) is 0 Å². The van der Waals surface area contributed by atoms with E-state index >= 15 is 0 Å². The molecular weight excluding hydrogens is 314 g/mol. The van der Waals surface area contributed by atoms with Crippen LogP contribution in [0.4, 0.5) is 4.79 Å². The second-order valence-corrected chi connectivity index (χ2v) is 5.34. The number of benzene rings is 2. The van der Waals surface area contributed by atoms with Gasteiger partial charge in [0.25, 0.3) is 0 Å². The SMILES string of the molecule is CCOC(=O)NC(CC(=O)c1ccccc1)c1ccccc1Cl. The number of hydrogen-bond donors (Lipinski definition) is 1. The van der Waals surface area contributed by atoms with Crippen LogP contribution in [0.2, 0.25) is 5.02 Å². The number of carbonyl (C=O) groups excluding carboxylic acids is 2. The van der Waals surface area contributed by atoms with Crippen molar-refractivity contribution in [2.75, 3.05) is 6.61 Å². The molecule has 1 amide bonds. The van der Waals surface area contributed by atoms with E-state index in [1.165, 1.54) is 0 Å². The van der Waals surface area contributed by atoms with Crippen molar-refractivity contribution >= 4 is 23.5 Å². The van der Waals surface area contributed by atoms with Gasteiger partial charge in [0.05, 0.1) is 12.6 Å². The fourth-order valence-corrected chi connectivity index (χ4v) is 2.51. The number of halogens is 1. The van der Waals surface area contributed by atoms with Crippen molar-refractivity contribution in [1.82, 2.24) is 5.32 Å². The molecule has 4 nitrogen and oxygen atoms in total. The summed E-state index contributed by atoms with van der Waals surface area (Å²) in [6.07, 6.45) is -0.467. The van der Waals surface area contributed by atoms with E-state index in [0.717, 1.165) is 0 Å². The molecule has 2 aromatic carbocycles. The fraction of sp³-hybridized carbons (Fsp3) is 0.222. The lowest BCUT2D eigenvalue weighted by Crippen LogP contribution is -2.31. The van der Waals surface area contributed by atoms with Gasteiger partial charge in [-0.1, -0.05) is 60.1 Å². The predicted octanol–water partition coefficient (Wildman–Crippen LogP) is 4.40. The molecule has 0 bridgehead atoms. The van der Waals surface area contributed by atoms with Crippen LogP contribution in [-0.4, -0.2) is 18.5 Å². The van der Waals surface area contributed by atoms with Crippen LogP contribution < -0.4 is 5.32 Å². The molecule has 1 unspecified atom stereocenters. The molecule has 1 atom stereocenters. The van der Waals surface area contributed by atoms with E-state index in [1.54, 1.807) is 49.4 Å². The maximum Gasteiger partial charge on any atom is 0.407 e. The number of Topliss-reactive ketones (excluding diaryl/α,β-unsaturated/α-hetero) is 1. The van der Waals surface area contributed by atoms with Gasteiger partial charge in [0.1, 0.15) is 0 Å². The molecule has 2 aromatic rings. The van der Waals surface area contributed by atoms with Crippen molar-refractivity contribution < 1.29 is 14.3 Å². The Bertz CT molecular complexity index is 673. The second-order valence-electron chi connectivity index (χ2n) is 4.93. The third-order valence-corrected chi connectivity index (χ3v) is 3.68. The number of carbonyl (C=O) groups is 2. The van der Waals surface area contributed by atoms with Gasteiger partial charge in [-0.15, -0.1) is 0 Å². The minimum absolute atomic E-state index is 0.0766. The van der Waals surface area contributed by atoms with Gasteiger partial charge in [0.2, 0.25) is 0 Å². The lowest BCUT2D eigenvalue weighted by molar-refractivity contribution is 0.0965. The average molecular weight is 332 g/mol. The molecule has 0 aliphatic rings. The van der Waals surface area contributed by atoms with Gasteiger partial charge in [0, 0.05) is 17.0 Å². The Morgan fingerprint density at radius 2 is 1.74 bits per heavy atom. The van der Waals surface area contributed by atoms with Crippen molar-refractivity contribution in [2.24, 2.45) is 0 Å². The van der Waals surface area contributed by atoms with Crippen molar-refractivity contribution in [3.05, 3.63) is 70.7 Å². The highest BCUT2D eigenvalue weighted by molar-refractivity contribution is 6.31. The highest BCUT2D eigenvalue weighted by atomic mass is 35.5. The van der Waals surface area contributed by atoms with E-state index < -0.39 is 12.1 Å². The average Bonchev–Trinajstić information content (AvgIpc) is 2.55. The van der Waals surface area contributed by atoms with Crippen LogP contribution in [0.15, 0.2) is 54.6 Å². The Balaban J connectivity index is 2.21. The zero-order valence-corrected chi connectivity index (χ0v) is 13.5. The zero-order chi connectivity index (χ0) is 16.7. The Labute approximate surface area is 140 Å². The second kappa shape index (κ2) is 8.34. The Morgan fingerprint density at radius 1 is 1.09 bits per heavy atom. The summed E-state index contributed by atoms with van der Waals surface area (Å²) < 4.78 is 4.92. The van der Waals surface area contributed by atoms with Crippen molar-refractivity contribution in [1.29, 1.82) is 0 Å². The van der Waals surface area contributed by atoms with Crippen LogP contribution in [0.25, 0.3) is 0 Å². The minimum atomic E-state index is -0.571. The first-order valence-electron chi connectivity index (χ1n) is 7.37. The highest BCUT2D eigenvalue weighted by Gasteiger charge is 2.21. The van der Waals surface area contributed by atoms with Crippen LogP contribution in [0.3, 0.4) is 0 Å². The Morgan fingerprint density at radius 3 is 2.39 bits per heavy atom. The van der Waals surface area contributed by atoms with Gasteiger partial charge < -0.3 is 10.1 Å². The van der Waals surface area contributed by atoms with E-state index in [0.29, 0.717) is 16.1 Å². The normalized spacial score (nSPS) is 11.6. The number of ether oxygens (including phenoxy) is 1. The van der Waals surface area contributed by atoms with Gasteiger partial charge in [-0.05, 0) is 18.6 Å². The number of alkyl carbamates (subject to hydrolysis) is 1. The molecule has 5 heteroatoms. The van der Waals surface area contributed by atoms with Crippen LogP contribution in [0.1, 0.15) is 35.3 Å². The summed E-state index contributed by atoms with van der Waals surface area (Å²) in [6.45, 7) is 1.98. The van der Waals surface area contributed by atoms with E-state index in [-0.39, 0.29) is 18.8 Å². The molecule has 0 aliphatic heterocycles. The minimum Gasteiger partial charge on any atom is -0.450 e. The van der Waals surface area contributed by atoms with Gasteiger partial charge >= 0.3 is 6.09 Å². The summed E-state index contributed by atoms with van der Waals surface area (Å²) in [4.78, 5) is 24.2. The maximum absolute atomic E-state index is 12.4. The summed E-state index contributed by atoms with van der Waals surface area (Å²) in [5, 5.41) is 3.20. The summed E-state index contributed by atoms with van der Waals surface area (Å²) >= 11 is 6.21. The van der Waals surface area contributed by atoms with Crippen molar-refractivity contribution in [3.8, 4) is 0 Å². The third kappa shape index (κ3) is 4.83. The number of amides is 1. The molecule has 0 spiro atoms. The zero-order valence-electron chi connectivity index (χ0n) is 12.8. The molecule has 23 heavy (non-hydrogen) atoms. The first kappa shape index (κ1) is 17.0. The van der Waals surface area contributed by atoms with Crippen LogP contribution in [-0.2, 0) is 4.74 Å². The van der Waals surface area contributed by atoms with Crippen LogP contribution in [0, 0.1) is 0 Å². The molecule has 0 saturated carbocycles. The van der Waals surface area contributed by atoms with Gasteiger partial charge in [0.15, 0.2) is 5.78 Å². The highest BCUT2D eigenvalue weighted by Crippen LogP contribution is 2.26. The number of ketones is 1. The summed E-state index contributed by atoms with van der Waals surface area (Å²) in [7, 11) is 0. The molecule has 120 valence electrons. The predicted molar refractivity (Wildman–Crippen MR) is 89.7 cm³/mol. The Hall–Kier alpha value is -2.33. The molecule has 0 aliphatic carbocycles. The summed E-state index contributed by atoms with van der Waals surface area (Å²) in [6, 6.07) is 15.5. The van der Waals surface area contributed by atoms with Gasteiger partial charge in [-0.3, -0.25) is 4.79 Å². The maximum atomic E-state index is 12.4. The molecule has 0 heterocycles. The standard InChI is InChI=1S/C18H18ClNO3/c1-2-23-18(22)20-16(14-10-6-7-11-15(14)19)12-17(21)13-8-4-3-5-9-13/h3-11,16H,2,12H2,1H3,(H,20,22). The first-order valence-corrected chi connectivity index (χ1v) is 7.75. The molecule has 0 radical (unpaired) electrons. The number of hydrogen-bond acceptors (Lipinski definition) is 3. The molecule has 0 saturated heterocycles. The lowest BCUT2D eigenvalue weighted by atomic mass is 9.98. The van der Waals surface area contributed by atoms with E-state index in [2.05, 4.69) is 5.32 Å². The largest absolute Gasteiger partial charge is 0.450 e. The summed E-state index contributed by atoms with van der Waals surface area (Å²) in [5.74, 6) is -0.0766. The lowest BCUT2D eigenvalue weighted by Gasteiger charge is -2.19. The van der Waals surface area contributed by atoms with E-state index in [9.17, 15) is 9.59 Å². The van der Waals surface area contributed by atoms with Crippen molar-refractivity contribution in [2.45, 2.75) is 19.4 Å². The smallest absolute Gasteiger partial charge is 0.407 e. The topological polar surface area (TPSA) is 55.4 Å². The van der Waals surface area contributed by atoms with Gasteiger partial charge in [-0.2, -0.15) is 0 Å². The number of rotatable bonds is 6. The molecule has 0 fully saturated rings. The fourth-order valence-electron chi connectivity index (χ4n) is 2.24. The van der Waals surface area contributed by atoms with E-state index in [1.807, 2.05) is 12.1 Å². The van der Waals surface area contributed by atoms with Gasteiger partial charge in [-0.25, -0.2) is 4.79 Å². The molecule has 0 aromatic heterocycles. The molecular formula is C18H18ClNO3. The quantitative estimate of drug-likeness (QED) is 0.798. The molecule has 1 N–H and O–H groups in total. The van der Waals surface area contributed by atoms with Crippen molar-refractivity contribution in [3.63, 3.8) is 0 Å². The number of nitrogens with one attached hydrogen (secondary N) is 1. The van der Waals surface area contributed by atoms with E-state index in [4.69, 9.17) is 16.3 Å². The molecule has 2 rings (SSSR count). The Kier molecular flexibility index (Phi) is 6.18. The van der Waals surface area contributed by atoms with Crippen LogP contribution >= 0.6 is 11.6 Å². The first-order chi connectivity index (χ1) is 11.1. The monoisotopic (exact) mass is 331 g/mol. The third-order valence-electron chi connectivity index (χ3n) is 3.33.